The molecule has 46 heavy (non-hydrogen) atoms. The number of carbonyl (C=O) groups excluding carboxylic acids is 2. The molecule has 0 bridgehead atoms. The van der Waals surface area contributed by atoms with Gasteiger partial charge in [0.05, 0.1) is 41.6 Å². The maximum absolute atomic E-state index is 13.0. The molecule has 0 spiro atoms. The summed E-state index contributed by atoms with van der Waals surface area (Å²) in [6.07, 6.45) is 1.16. The van der Waals surface area contributed by atoms with Crippen LogP contribution in [0.2, 0.25) is 0 Å². The zero-order valence-corrected chi connectivity index (χ0v) is 24.8. The van der Waals surface area contributed by atoms with Gasteiger partial charge in [-0.25, -0.2) is 14.8 Å². The molecule has 1 N–H and O–H groups in total. The number of carbonyl (C=O) groups is 2. The van der Waals surface area contributed by atoms with Crippen LogP contribution >= 0.6 is 0 Å². The first-order valence-electron chi connectivity index (χ1n) is 13.3. The van der Waals surface area contributed by atoms with Gasteiger partial charge in [-0.15, -0.1) is 0 Å². The van der Waals surface area contributed by atoms with Gasteiger partial charge in [-0.3, -0.25) is 29.9 Å². The Morgan fingerprint density at radius 3 is 2.50 bits per heavy atom. The number of nitrogens with zero attached hydrogens (tertiary/aromatic N) is 7. The first kappa shape index (κ1) is 32.6. The number of benzene rings is 2. The quantitative estimate of drug-likeness (QED) is 0.172. The van der Waals surface area contributed by atoms with Crippen LogP contribution in [0.25, 0.3) is 11.4 Å². The SMILES string of the molecule is CCOC(=O)C1=NC(Oc2cc(C#N)ccc2[N+](=O)[O-])N(OC)C(Oc2cc(CC(=O)N(C)C)cc(-c3ncc[nH]3)c2)=C1[N+](=O)[O-]. The van der Waals surface area contributed by atoms with Crippen LogP contribution in [0.5, 0.6) is 11.5 Å². The van der Waals surface area contributed by atoms with Crippen molar-refractivity contribution < 1.29 is 38.5 Å². The Morgan fingerprint density at radius 1 is 1.15 bits per heavy atom. The largest absolute Gasteiger partial charge is 0.461 e. The number of nitrogens with one attached hydrogen (secondary N) is 1. The van der Waals surface area contributed by atoms with Gasteiger partial charge in [-0.05, 0) is 36.8 Å². The lowest BCUT2D eigenvalue weighted by Crippen LogP contribution is -2.46. The summed E-state index contributed by atoms with van der Waals surface area (Å²) in [7, 11) is 4.24. The normalized spacial score (nSPS) is 14.2. The number of nitro benzene ring substituents is 1. The van der Waals surface area contributed by atoms with Crippen LogP contribution in [0.3, 0.4) is 0 Å². The fourth-order valence-corrected chi connectivity index (χ4v) is 4.15. The Morgan fingerprint density at radius 2 is 1.91 bits per heavy atom. The van der Waals surface area contributed by atoms with Crippen LogP contribution < -0.4 is 9.47 Å². The van der Waals surface area contributed by atoms with Crippen molar-refractivity contribution >= 4 is 23.3 Å². The number of aliphatic imine (C=N–C) groups is 1. The Labute approximate surface area is 260 Å². The second kappa shape index (κ2) is 14.0. The summed E-state index contributed by atoms with van der Waals surface area (Å²) in [5.74, 6) is -2.31. The van der Waals surface area contributed by atoms with Crippen LogP contribution in [0.1, 0.15) is 18.1 Å². The Balaban J connectivity index is 1.89. The van der Waals surface area contributed by atoms with Gasteiger partial charge in [0.15, 0.2) is 0 Å². The highest BCUT2D eigenvalue weighted by molar-refractivity contribution is 6.42. The first-order valence-corrected chi connectivity index (χ1v) is 13.3. The molecule has 238 valence electrons. The van der Waals surface area contributed by atoms with E-state index in [1.807, 2.05) is 6.07 Å². The molecule has 2 heterocycles. The Bertz CT molecular complexity index is 1780. The lowest BCUT2D eigenvalue weighted by Gasteiger charge is -2.31. The van der Waals surface area contributed by atoms with Crippen LogP contribution in [0.4, 0.5) is 5.69 Å². The summed E-state index contributed by atoms with van der Waals surface area (Å²) >= 11 is 0. The van der Waals surface area contributed by atoms with E-state index >= 15 is 0 Å². The number of hydrogen-bond acceptors (Lipinski definition) is 14. The number of nitro groups is 2. The number of likely N-dealkylation sites (N-methyl/N-ethyl adjacent to an activating group) is 1. The fraction of sp³-hybridized carbons (Fsp3) is 0.250. The molecule has 3 aromatic rings. The molecule has 1 atom stereocenters. The monoisotopic (exact) mass is 634 g/mol. The van der Waals surface area contributed by atoms with Crippen LogP contribution in [0.15, 0.2) is 65.4 Å². The zero-order valence-electron chi connectivity index (χ0n) is 24.8. The van der Waals surface area contributed by atoms with Gasteiger partial charge in [0.25, 0.3) is 6.35 Å². The minimum absolute atomic E-state index is 0.0116. The van der Waals surface area contributed by atoms with E-state index in [1.165, 1.54) is 36.2 Å². The van der Waals surface area contributed by atoms with Gasteiger partial charge in [-0.1, -0.05) is 0 Å². The highest BCUT2D eigenvalue weighted by atomic mass is 16.7. The van der Waals surface area contributed by atoms with E-state index in [0.29, 0.717) is 22.0 Å². The molecule has 0 saturated heterocycles. The van der Waals surface area contributed by atoms with Gasteiger partial charge in [0.1, 0.15) is 11.6 Å². The summed E-state index contributed by atoms with van der Waals surface area (Å²) in [6, 6.07) is 9.68. The molecular formula is C28H26N8O10. The van der Waals surface area contributed by atoms with Gasteiger partial charge in [-0.2, -0.15) is 10.3 Å². The third-order valence-corrected chi connectivity index (χ3v) is 6.24. The number of imidazole rings is 1. The van der Waals surface area contributed by atoms with Crippen LogP contribution in [-0.4, -0.2) is 81.5 Å². The minimum Gasteiger partial charge on any atom is -0.461 e. The molecule has 1 unspecified atom stereocenters. The predicted octanol–water partition coefficient (Wildman–Crippen LogP) is 2.56. The van der Waals surface area contributed by atoms with Crippen molar-refractivity contribution in [2.75, 3.05) is 27.8 Å². The third-order valence-electron chi connectivity index (χ3n) is 6.24. The number of aromatic nitrogens is 2. The summed E-state index contributed by atoms with van der Waals surface area (Å²) in [5.41, 5.74) is -1.51. The fourth-order valence-electron chi connectivity index (χ4n) is 4.15. The van der Waals surface area contributed by atoms with Gasteiger partial charge < -0.3 is 24.1 Å². The summed E-state index contributed by atoms with van der Waals surface area (Å²) in [5, 5.41) is 34.2. The average molecular weight is 635 g/mol. The van der Waals surface area contributed by atoms with E-state index in [4.69, 9.17) is 19.0 Å². The summed E-state index contributed by atoms with van der Waals surface area (Å²) < 4.78 is 16.8. The molecular weight excluding hydrogens is 608 g/mol. The number of hydrogen-bond donors (Lipinski definition) is 1. The standard InChI is InChI=1S/C28H26N8O10/c1-5-44-27(38)23-24(36(41)42)26(34(43-4)28(32-23)46-21-12-16(15-29)6-7-20(21)35(39)40)45-19-11-17(13-22(37)33(2)3)10-18(14-19)25-30-8-9-31-25/h6-12,14,28H,5,13H2,1-4H3,(H,30,31). The van der Waals surface area contributed by atoms with E-state index in [1.54, 1.807) is 26.4 Å². The van der Waals surface area contributed by atoms with Crippen molar-refractivity contribution in [1.82, 2.24) is 19.9 Å². The topological polar surface area (TPSA) is 229 Å². The molecule has 0 radical (unpaired) electrons. The second-order valence-corrected chi connectivity index (χ2v) is 9.48. The molecule has 18 heteroatoms. The second-order valence-electron chi connectivity index (χ2n) is 9.48. The van der Waals surface area contributed by atoms with Gasteiger partial charge in [0.2, 0.25) is 17.4 Å². The van der Waals surface area contributed by atoms with Crippen molar-refractivity contribution in [3.8, 4) is 29.0 Å². The lowest BCUT2D eigenvalue weighted by molar-refractivity contribution is -0.422. The first-order chi connectivity index (χ1) is 22.0. The maximum Gasteiger partial charge on any atom is 0.364 e. The lowest BCUT2D eigenvalue weighted by atomic mass is 10.1. The van der Waals surface area contributed by atoms with E-state index in [2.05, 4.69) is 15.0 Å². The summed E-state index contributed by atoms with van der Waals surface area (Å²) in [6.45, 7) is 1.29. The number of H-pyrrole nitrogens is 1. The number of hydroxylamine groups is 2. The number of ether oxygens (including phenoxy) is 3. The molecule has 2 aromatic carbocycles. The van der Waals surface area contributed by atoms with Crippen LogP contribution in [0, 0.1) is 31.6 Å². The highest BCUT2D eigenvalue weighted by Gasteiger charge is 2.45. The molecule has 1 aromatic heterocycles. The van der Waals surface area contributed by atoms with E-state index in [-0.39, 0.29) is 30.2 Å². The smallest absolute Gasteiger partial charge is 0.364 e. The minimum atomic E-state index is -1.83. The van der Waals surface area contributed by atoms with Crippen molar-refractivity contribution in [3.05, 3.63) is 91.7 Å². The van der Waals surface area contributed by atoms with E-state index < -0.39 is 50.9 Å². The zero-order chi connectivity index (χ0) is 33.5. The highest BCUT2D eigenvalue weighted by Crippen LogP contribution is 2.34. The van der Waals surface area contributed by atoms with Crippen molar-refractivity contribution in [1.29, 1.82) is 5.26 Å². The van der Waals surface area contributed by atoms with E-state index in [9.17, 15) is 35.1 Å². The molecule has 1 aliphatic rings. The number of amides is 1. The number of esters is 1. The molecule has 18 nitrogen and oxygen atoms in total. The number of nitriles is 1. The molecule has 1 aliphatic heterocycles. The molecule has 0 aliphatic carbocycles. The van der Waals surface area contributed by atoms with Crippen LogP contribution in [-0.2, 0) is 25.6 Å². The average Bonchev–Trinajstić information content (AvgIpc) is 3.56. The molecule has 0 saturated carbocycles. The Hall–Kier alpha value is -6.35. The van der Waals surface area contributed by atoms with E-state index in [0.717, 1.165) is 19.2 Å². The van der Waals surface area contributed by atoms with Crippen molar-refractivity contribution in [2.45, 2.75) is 19.7 Å². The maximum atomic E-state index is 13.0. The number of aromatic amines is 1. The molecule has 0 fully saturated rings. The number of rotatable bonds is 12. The van der Waals surface area contributed by atoms with Gasteiger partial charge >= 0.3 is 23.2 Å². The summed E-state index contributed by atoms with van der Waals surface area (Å²) in [4.78, 5) is 65.8. The van der Waals surface area contributed by atoms with Crippen molar-refractivity contribution in [3.63, 3.8) is 0 Å². The predicted molar refractivity (Wildman–Crippen MR) is 156 cm³/mol. The molecule has 4 rings (SSSR count). The van der Waals surface area contributed by atoms with Crippen molar-refractivity contribution in [2.24, 2.45) is 4.99 Å². The Kier molecular flexibility index (Phi) is 9.88. The van der Waals surface area contributed by atoms with Gasteiger partial charge in [0, 0.05) is 44.2 Å². The molecule has 1 amide bonds. The third kappa shape index (κ3) is 7.06.